The summed E-state index contributed by atoms with van der Waals surface area (Å²) in [4.78, 5) is 0. The van der Waals surface area contributed by atoms with E-state index in [1.807, 2.05) is 91.0 Å². The van der Waals surface area contributed by atoms with Crippen molar-refractivity contribution in [1.82, 2.24) is 0 Å². The molecule has 0 aromatic heterocycles. The van der Waals surface area contributed by atoms with E-state index < -0.39 is 18.6 Å². The summed E-state index contributed by atoms with van der Waals surface area (Å²) in [5, 5.41) is 2.68. The van der Waals surface area contributed by atoms with Crippen LogP contribution in [0, 0.1) is 0 Å². The minimum absolute atomic E-state index is 0.0187. The fraction of sp³-hybridized carbons (Fsp3) is 0.0625. The Labute approximate surface area is 234 Å². The molecule has 0 radical (unpaired) electrons. The molecular formula is C32H22Cl2F3OP. The Morgan fingerprint density at radius 3 is 1.49 bits per heavy atom. The van der Waals surface area contributed by atoms with E-state index in [1.54, 1.807) is 18.2 Å². The molecule has 196 valence electrons. The normalized spacial score (nSPS) is 20.5. The van der Waals surface area contributed by atoms with Crippen molar-refractivity contribution in [1.29, 1.82) is 0 Å². The van der Waals surface area contributed by atoms with Gasteiger partial charge in [-0.25, -0.2) is 0 Å². The molecule has 1 heterocycles. The second kappa shape index (κ2) is 9.21. The minimum atomic E-state index is -4.86. The summed E-state index contributed by atoms with van der Waals surface area (Å²) in [7, 11) is 0. The van der Waals surface area contributed by atoms with E-state index in [0.717, 1.165) is 0 Å². The second-order valence-electron chi connectivity index (χ2n) is 9.46. The third kappa shape index (κ3) is 3.42. The van der Waals surface area contributed by atoms with Crippen LogP contribution in [0.1, 0.15) is 11.1 Å². The predicted octanol–water partition coefficient (Wildman–Crippen LogP) is 7.90. The third-order valence-electron chi connectivity index (χ3n) is 7.53. The SMILES string of the molecule is FC(F)(F)C1(c2ccc(Cl)c(Cl)c2)OP(c2ccccc2)(c2ccccc2)(c2ccccc2)c2ccccc21. The predicted molar refractivity (Wildman–Crippen MR) is 156 cm³/mol. The third-order valence-corrected chi connectivity index (χ3v) is 14.1. The van der Waals surface area contributed by atoms with Crippen molar-refractivity contribution in [2.75, 3.05) is 0 Å². The molecule has 0 saturated heterocycles. The van der Waals surface area contributed by atoms with E-state index in [2.05, 4.69) is 0 Å². The molecule has 0 aliphatic carbocycles. The summed E-state index contributed by atoms with van der Waals surface area (Å²) >= 11 is 12.5. The van der Waals surface area contributed by atoms with Crippen LogP contribution in [0.15, 0.2) is 133 Å². The van der Waals surface area contributed by atoms with Gasteiger partial charge in [-0.3, -0.25) is 0 Å². The average molecular weight is 581 g/mol. The van der Waals surface area contributed by atoms with Crippen molar-refractivity contribution in [3.8, 4) is 0 Å². The van der Waals surface area contributed by atoms with Gasteiger partial charge < -0.3 is 0 Å². The van der Waals surface area contributed by atoms with Crippen LogP contribution in [-0.4, -0.2) is 6.18 Å². The summed E-state index contributed by atoms with van der Waals surface area (Å²) in [6.45, 7) is -4.53. The van der Waals surface area contributed by atoms with Gasteiger partial charge in [0.15, 0.2) is 0 Å². The van der Waals surface area contributed by atoms with E-state index in [9.17, 15) is 0 Å². The molecule has 0 fully saturated rings. The van der Waals surface area contributed by atoms with E-state index in [1.165, 1.54) is 24.3 Å². The Kier molecular flexibility index (Phi) is 6.17. The molecule has 6 rings (SSSR count). The van der Waals surface area contributed by atoms with Gasteiger partial charge in [-0.2, -0.15) is 0 Å². The van der Waals surface area contributed by atoms with Gasteiger partial charge in [0.2, 0.25) is 0 Å². The Balaban J connectivity index is 1.90. The summed E-state index contributed by atoms with van der Waals surface area (Å²) in [6.07, 6.45) is -4.86. The molecule has 1 aliphatic heterocycles. The molecule has 1 atom stereocenters. The molecule has 5 aromatic rings. The van der Waals surface area contributed by atoms with Crippen LogP contribution in [0.25, 0.3) is 0 Å². The number of halogens is 5. The molecule has 0 spiro atoms. The van der Waals surface area contributed by atoms with Gasteiger partial charge in [-0.1, -0.05) is 0 Å². The fourth-order valence-corrected chi connectivity index (χ4v) is 12.5. The van der Waals surface area contributed by atoms with Gasteiger partial charge >= 0.3 is 235 Å². The van der Waals surface area contributed by atoms with E-state index in [0.29, 0.717) is 21.2 Å². The molecule has 5 aromatic carbocycles. The Morgan fingerprint density at radius 2 is 1.03 bits per heavy atom. The van der Waals surface area contributed by atoms with Gasteiger partial charge in [0.25, 0.3) is 0 Å². The first-order valence-corrected chi connectivity index (χ1v) is 15.2. The number of hydrogen-bond acceptors (Lipinski definition) is 1. The Morgan fingerprint density at radius 1 is 0.564 bits per heavy atom. The number of fused-ring (bicyclic) bond motifs is 1. The maximum absolute atomic E-state index is 15.9. The van der Waals surface area contributed by atoms with Crippen molar-refractivity contribution < 1.29 is 17.7 Å². The molecule has 0 saturated carbocycles. The van der Waals surface area contributed by atoms with Crippen LogP contribution in [0.5, 0.6) is 0 Å². The fourth-order valence-electron chi connectivity index (χ4n) is 5.97. The van der Waals surface area contributed by atoms with Gasteiger partial charge in [-0.05, 0) is 0 Å². The molecule has 1 aliphatic rings. The molecule has 0 N–H and O–H groups in total. The number of hydrogen-bond donors (Lipinski definition) is 0. The Bertz CT molecular complexity index is 1560. The topological polar surface area (TPSA) is 9.23 Å². The van der Waals surface area contributed by atoms with Gasteiger partial charge in [-0.15, -0.1) is 0 Å². The summed E-state index contributed by atoms with van der Waals surface area (Å²) < 4.78 is 54.8. The maximum atomic E-state index is 15.9. The van der Waals surface area contributed by atoms with Crippen molar-refractivity contribution in [2.45, 2.75) is 11.8 Å². The molecule has 39 heavy (non-hydrogen) atoms. The number of rotatable bonds is 4. The van der Waals surface area contributed by atoms with E-state index in [4.69, 9.17) is 27.7 Å². The van der Waals surface area contributed by atoms with Crippen molar-refractivity contribution in [3.05, 3.63) is 155 Å². The standard InChI is InChI=1S/C32H22Cl2F3OP/c33-28-21-20-23(22-29(28)34)31(32(35,36)37)27-18-10-11-19-30(27)39(38-31,24-12-4-1-5-13-24,25-14-6-2-7-15-25)26-16-8-3-9-17-26/h1-22H. The zero-order valence-corrected chi connectivity index (χ0v) is 22.9. The molecule has 1 unspecified atom stereocenters. The first kappa shape index (κ1) is 26.1. The van der Waals surface area contributed by atoms with Gasteiger partial charge in [0.1, 0.15) is 0 Å². The second-order valence-corrected chi connectivity index (χ2v) is 14.6. The molecule has 1 nitrogen and oxygen atoms in total. The first-order chi connectivity index (χ1) is 18.8. The van der Waals surface area contributed by atoms with Gasteiger partial charge in [0, 0.05) is 0 Å². The quantitative estimate of drug-likeness (QED) is 0.196. The van der Waals surface area contributed by atoms with Crippen LogP contribution in [0.4, 0.5) is 13.2 Å². The van der Waals surface area contributed by atoms with Crippen LogP contribution in [-0.2, 0) is 10.1 Å². The molecular weight excluding hydrogens is 559 g/mol. The van der Waals surface area contributed by atoms with Crippen LogP contribution in [0.3, 0.4) is 0 Å². The van der Waals surface area contributed by atoms with E-state index in [-0.39, 0.29) is 21.2 Å². The van der Waals surface area contributed by atoms with Crippen LogP contribution >= 0.6 is 30.0 Å². The van der Waals surface area contributed by atoms with E-state index >= 15 is 13.2 Å². The monoisotopic (exact) mass is 580 g/mol. The first-order valence-electron chi connectivity index (χ1n) is 12.3. The summed E-state index contributed by atoms with van der Waals surface area (Å²) in [6, 6.07) is 38.6. The summed E-state index contributed by atoms with van der Waals surface area (Å²) in [5.74, 6) is 0. The van der Waals surface area contributed by atoms with Crippen molar-refractivity contribution in [2.24, 2.45) is 0 Å². The van der Waals surface area contributed by atoms with Crippen LogP contribution in [0.2, 0.25) is 10.0 Å². The van der Waals surface area contributed by atoms with Crippen molar-refractivity contribution in [3.63, 3.8) is 0 Å². The van der Waals surface area contributed by atoms with Gasteiger partial charge in [0.05, 0.1) is 0 Å². The number of benzene rings is 5. The van der Waals surface area contributed by atoms with Crippen molar-refractivity contribution >= 4 is 51.3 Å². The zero-order valence-electron chi connectivity index (χ0n) is 20.4. The molecule has 0 amide bonds. The zero-order chi connectivity index (χ0) is 27.3. The van der Waals surface area contributed by atoms with Crippen LogP contribution < -0.4 is 21.2 Å². The number of alkyl halides is 3. The molecule has 7 heteroatoms. The average Bonchev–Trinajstić information content (AvgIpc) is 3.27. The summed E-state index contributed by atoms with van der Waals surface area (Å²) in [5.41, 5.74) is -2.94. The Hall–Kier alpha value is -3.14. The molecule has 0 bridgehead atoms.